The first-order chi connectivity index (χ1) is 14.5. The van der Waals surface area contributed by atoms with Gasteiger partial charge in [0.2, 0.25) is 11.8 Å². The molecule has 156 valence electrons. The first kappa shape index (κ1) is 22.8. The van der Waals surface area contributed by atoms with Crippen LogP contribution in [0.25, 0.3) is 6.08 Å². The Morgan fingerprint density at radius 3 is 2.33 bits per heavy atom. The highest BCUT2D eigenvalue weighted by Gasteiger charge is 2.08. The van der Waals surface area contributed by atoms with E-state index in [1.807, 2.05) is 37.3 Å². The third-order valence-corrected chi connectivity index (χ3v) is 4.15. The number of nitrogens with one attached hydrogen (secondary N) is 4. The summed E-state index contributed by atoms with van der Waals surface area (Å²) in [6.07, 6.45) is 5.24. The zero-order valence-electron chi connectivity index (χ0n) is 16.6. The summed E-state index contributed by atoms with van der Waals surface area (Å²) in [5.41, 5.74) is 6.75. The van der Waals surface area contributed by atoms with Crippen LogP contribution in [0.2, 0.25) is 0 Å². The molecule has 7 nitrogen and oxygen atoms in total. The number of hydrogen-bond donors (Lipinski definition) is 4. The molecule has 8 heteroatoms. The van der Waals surface area contributed by atoms with Gasteiger partial charge < -0.3 is 5.32 Å². The number of carbonyl (C=O) groups is 3. The number of rotatable bonds is 7. The molecule has 30 heavy (non-hydrogen) atoms. The van der Waals surface area contributed by atoms with Gasteiger partial charge in [0.1, 0.15) is 0 Å². The highest BCUT2D eigenvalue weighted by Crippen LogP contribution is 2.10. The molecule has 2 aromatic carbocycles. The van der Waals surface area contributed by atoms with E-state index >= 15 is 0 Å². The van der Waals surface area contributed by atoms with Crippen molar-refractivity contribution in [2.24, 2.45) is 0 Å². The summed E-state index contributed by atoms with van der Waals surface area (Å²) >= 11 is 4.99. The van der Waals surface area contributed by atoms with Crippen LogP contribution in [0.1, 0.15) is 42.1 Å². The van der Waals surface area contributed by atoms with Gasteiger partial charge in [0.05, 0.1) is 0 Å². The number of amides is 3. The number of thiocarbonyl (C=S) groups is 1. The average Bonchev–Trinajstić information content (AvgIpc) is 2.76. The summed E-state index contributed by atoms with van der Waals surface area (Å²) in [5, 5.41) is 5.18. The first-order valence-electron chi connectivity index (χ1n) is 9.52. The molecule has 0 radical (unpaired) electrons. The Morgan fingerprint density at radius 2 is 1.67 bits per heavy atom. The molecule has 2 aromatic rings. The molecular weight excluding hydrogens is 400 g/mol. The van der Waals surface area contributed by atoms with Crippen LogP contribution in [-0.4, -0.2) is 22.8 Å². The molecule has 0 aromatic heterocycles. The highest BCUT2D eigenvalue weighted by molar-refractivity contribution is 7.80. The molecule has 0 saturated heterocycles. The van der Waals surface area contributed by atoms with Gasteiger partial charge in [-0.3, -0.25) is 30.6 Å². The molecule has 0 fully saturated rings. The Balaban J connectivity index is 1.76. The lowest BCUT2D eigenvalue weighted by Crippen LogP contribution is -2.48. The average molecular weight is 425 g/mol. The van der Waals surface area contributed by atoms with E-state index < -0.39 is 11.8 Å². The molecule has 3 amide bonds. The van der Waals surface area contributed by atoms with E-state index in [1.54, 1.807) is 30.3 Å². The Bertz CT molecular complexity index is 912. The second-order valence-electron chi connectivity index (χ2n) is 6.37. The predicted octanol–water partition coefficient (Wildman–Crippen LogP) is 3.16. The smallest absolute Gasteiger partial charge is 0.269 e. The van der Waals surface area contributed by atoms with Crippen LogP contribution in [0.15, 0.2) is 60.7 Å². The van der Waals surface area contributed by atoms with Gasteiger partial charge in [0.15, 0.2) is 5.11 Å². The van der Waals surface area contributed by atoms with Crippen molar-refractivity contribution in [1.29, 1.82) is 0 Å². The van der Waals surface area contributed by atoms with Crippen LogP contribution in [0.3, 0.4) is 0 Å². The fourth-order valence-corrected chi connectivity index (χ4v) is 2.52. The van der Waals surface area contributed by atoms with Gasteiger partial charge in [0.25, 0.3) is 5.91 Å². The van der Waals surface area contributed by atoms with Gasteiger partial charge in [0, 0.05) is 23.7 Å². The second-order valence-corrected chi connectivity index (χ2v) is 6.78. The van der Waals surface area contributed by atoms with Crippen LogP contribution in [0.4, 0.5) is 5.69 Å². The molecule has 0 spiro atoms. The molecule has 0 heterocycles. The van der Waals surface area contributed by atoms with E-state index in [4.69, 9.17) is 12.2 Å². The number of anilines is 1. The third-order valence-electron chi connectivity index (χ3n) is 3.94. The zero-order valence-corrected chi connectivity index (χ0v) is 17.4. The normalized spacial score (nSPS) is 10.3. The molecule has 0 aliphatic carbocycles. The van der Waals surface area contributed by atoms with Crippen molar-refractivity contribution in [1.82, 2.24) is 16.2 Å². The first-order valence-corrected chi connectivity index (χ1v) is 9.93. The third kappa shape index (κ3) is 8.24. The maximum atomic E-state index is 12.2. The predicted molar refractivity (Wildman–Crippen MR) is 121 cm³/mol. The van der Waals surface area contributed by atoms with E-state index in [1.165, 1.54) is 6.08 Å². The fourth-order valence-electron chi connectivity index (χ4n) is 2.37. The summed E-state index contributed by atoms with van der Waals surface area (Å²) < 4.78 is 0. The Kier molecular flexibility index (Phi) is 9.20. The lowest BCUT2D eigenvalue weighted by Gasteiger charge is -2.10. The van der Waals surface area contributed by atoms with Crippen LogP contribution in [-0.2, 0) is 9.59 Å². The van der Waals surface area contributed by atoms with Crippen molar-refractivity contribution in [2.75, 3.05) is 5.32 Å². The Labute approximate surface area is 180 Å². The van der Waals surface area contributed by atoms with Gasteiger partial charge in [-0.15, -0.1) is 0 Å². The minimum atomic E-state index is -0.435. The van der Waals surface area contributed by atoms with Crippen LogP contribution in [0, 0.1) is 0 Å². The largest absolute Gasteiger partial charge is 0.326 e. The van der Waals surface area contributed by atoms with Crippen molar-refractivity contribution in [3.05, 3.63) is 71.8 Å². The summed E-state index contributed by atoms with van der Waals surface area (Å²) in [7, 11) is 0. The van der Waals surface area contributed by atoms with Gasteiger partial charge in [-0.05, 0) is 54.5 Å². The zero-order chi connectivity index (χ0) is 21.8. The minimum Gasteiger partial charge on any atom is -0.326 e. The molecule has 0 saturated carbocycles. The summed E-state index contributed by atoms with van der Waals surface area (Å²) in [6.45, 7) is 2.02. The highest BCUT2D eigenvalue weighted by atomic mass is 32.1. The van der Waals surface area contributed by atoms with E-state index in [9.17, 15) is 14.4 Å². The van der Waals surface area contributed by atoms with Crippen molar-refractivity contribution in [3.8, 4) is 0 Å². The van der Waals surface area contributed by atoms with Crippen LogP contribution < -0.4 is 21.5 Å². The Morgan fingerprint density at radius 1 is 0.967 bits per heavy atom. The quantitative estimate of drug-likeness (QED) is 0.311. The monoisotopic (exact) mass is 424 g/mol. The van der Waals surface area contributed by atoms with Crippen molar-refractivity contribution >= 4 is 46.8 Å². The van der Waals surface area contributed by atoms with E-state index in [2.05, 4.69) is 21.5 Å². The molecule has 0 aliphatic heterocycles. The van der Waals surface area contributed by atoms with Gasteiger partial charge in [-0.1, -0.05) is 43.7 Å². The summed E-state index contributed by atoms with van der Waals surface area (Å²) in [5.74, 6) is -0.915. The molecule has 0 unspecified atom stereocenters. The van der Waals surface area contributed by atoms with Gasteiger partial charge >= 0.3 is 0 Å². The molecule has 2 rings (SSSR count). The summed E-state index contributed by atoms with van der Waals surface area (Å²) in [4.78, 5) is 35.8. The van der Waals surface area contributed by atoms with Gasteiger partial charge in [-0.25, -0.2) is 0 Å². The molecule has 0 aliphatic rings. The summed E-state index contributed by atoms with van der Waals surface area (Å²) in [6, 6.07) is 15.8. The van der Waals surface area contributed by atoms with E-state index in [0.29, 0.717) is 17.7 Å². The molecule has 4 N–H and O–H groups in total. The van der Waals surface area contributed by atoms with Crippen LogP contribution in [0.5, 0.6) is 0 Å². The minimum absolute atomic E-state index is 0.0362. The molecular formula is C22H24N4O3S. The topological polar surface area (TPSA) is 99.3 Å². The van der Waals surface area contributed by atoms with Crippen molar-refractivity contribution in [3.63, 3.8) is 0 Å². The maximum absolute atomic E-state index is 12.2. The SMILES string of the molecule is CCCCC(=O)Nc1ccc(C(=O)NNC(=S)NC(=O)C=Cc2ccccc2)cc1. The number of hydrogen-bond acceptors (Lipinski definition) is 4. The van der Waals surface area contributed by atoms with Crippen molar-refractivity contribution in [2.45, 2.75) is 26.2 Å². The van der Waals surface area contributed by atoms with E-state index in [0.717, 1.165) is 18.4 Å². The molecule has 0 bridgehead atoms. The number of carbonyl (C=O) groups excluding carboxylic acids is 3. The lowest BCUT2D eigenvalue weighted by atomic mass is 10.2. The van der Waals surface area contributed by atoms with Gasteiger partial charge in [-0.2, -0.15) is 0 Å². The van der Waals surface area contributed by atoms with Crippen molar-refractivity contribution < 1.29 is 14.4 Å². The second kappa shape index (κ2) is 12.1. The number of unbranched alkanes of at least 4 members (excludes halogenated alkanes) is 1. The van der Waals surface area contributed by atoms with E-state index in [-0.39, 0.29) is 11.0 Å². The standard InChI is InChI=1S/C22H24N4O3S/c1-2-3-9-19(27)23-18-13-11-17(12-14-18)21(29)25-26-22(30)24-20(28)15-10-16-7-5-4-6-8-16/h4-8,10-15H,2-3,9H2,1H3,(H,23,27)(H,25,29)(H2,24,26,28,30). The van der Waals surface area contributed by atoms with Crippen LogP contribution >= 0.6 is 12.2 Å². The fraction of sp³-hybridized carbons (Fsp3) is 0.182. The lowest BCUT2D eigenvalue weighted by molar-refractivity contribution is -0.116. The molecule has 0 atom stereocenters. The Hall–Kier alpha value is -3.52. The maximum Gasteiger partial charge on any atom is 0.269 e. The number of benzene rings is 2. The number of hydrazine groups is 1.